The summed E-state index contributed by atoms with van der Waals surface area (Å²) in [6.45, 7) is 16.2. The van der Waals surface area contributed by atoms with Crippen molar-refractivity contribution in [3.8, 4) is 5.75 Å². The third-order valence-electron chi connectivity index (χ3n) is 10.9. The summed E-state index contributed by atoms with van der Waals surface area (Å²) in [7, 11) is 0. The third-order valence-corrected chi connectivity index (χ3v) is 10.9. The van der Waals surface area contributed by atoms with Crippen molar-refractivity contribution in [3.63, 3.8) is 0 Å². The van der Waals surface area contributed by atoms with E-state index in [9.17, 15) is 19.2 Å². The molecule has 2 bridgehead atoms. The van der Waals surface area contributed by atoms with Gasteiger partial charge in [-0.15, -0.1) is 0 Å². The Bertz CT molecular complexity index is 1460. The number of phenolic OH excluding ortho intramolecular Hbond substituents is 1. The topological polar surface area (TPSA) is 125 Å². The van der Waals surface area contributed by atoms with Crippen molar-refractivity contribution in [2.45, 2.75) is 124 Å². The van der Waals surface area contributed by atoms with Gasteiger partial charge in [-0.25, -0.2) is 4.79 Å². The quantitative estimate of drug-likeness (QED) is 0.208. The normalized spacial score (nSPS) is 27.5. The first-order valence-corrected chi connectivity index (χ1v) is 17.8. The molecule has 268 valence electrons. The van der Waals surface area contributed by atoms with E-state index in [1.165, 1.54) is 11.1 Å². The highest BCUT2D eigenvalue weighted by Gasteiger charge is 2.63. The molecule has 2 aliphatic carbocycles. The number of esters is 4. The first-order valence-electron chi connectivity index (χ1n) is 17.8. The van der Waals surface area contributed by atoms with Crippen LogP contribution in [-0.4, -0.2) is 53.4 Å². The van der Waals surface area contributed by atoms with Crippen molar-refractivity contribution >= 4 is 23.9 Å². The maximum Gasteiger partial charge on any atom is 0.338 e. The number of fused-ring (bicyclic) bond motifs is 1. The predicted molar refractivity (Wildman–Crippen MR) is 185 cm³/mol. The Hall–Kier alpha value is -3.88. The molecule has 0 amide bonds. The van der Waals surface area contributed by atoms with Gasteiger partial charge in [0, 0.05) is 11.8 Å². The molecule has 6 rings (SSSR count). The summed E-state index contributed by atoms with van der Waals surface area (Å²) < 4.78 is 21.3. The van der Waals surface area contributed by atoms with Gasteiger partial charge in [0.1, 0.15) is 24.6 Å². The van der Waals surface area contributed by atoms with Gasteiger partial charge >= 0.3 is 23.9 Å². The van der Waals surface area contributed by atoms with Crippen LogP contribution in [0.3, 0.4) is 0 Å². The van der Waals surface area contributed by atoms with Gasteiger partial charge in [-0.1, -0.05) is 58.9 Å². The Labute approximate surface area is 291 Å². The molecule has 2 saturated carbocycles. The lowest BCUT2D eigenvalue weighted by Gasteiger charge is -2.29. The molecule has 9 heteroatoms. The first-order chi connectivity index (χ1) is 23.1. The van der Waals surface area contributed by atoms with Crippen molar-refractivity contribution in [3.05, 3.63) is 65.2 Å². The van der Waals surface area contributed by atoms with Crippen molar-refractivity contribution in [1.82, 2.24) is 0 Å². The van der Waals surface area contributed by atoms with Crippen LogP contribution in [0, 0.1) is 23.2 Å². The Morgan fingerprint density at radius 1 is 0.939 bits per heavy atom. The lowest BCUT2D eigenvalue weighted by atomic mass is 9.87. The molecule has 49 heavy (non-hydrogen) atoms. The number of rotatable bonds is 9. The number of phenols is 1. The molecular formula is C40H54O9. The Kier molecular flexibility index (Phi) is 12.2. The van der Waals surface area contributed by atoms with Crippen molar-refractivity contribution in [1.29, 1.82) is 0 Å². The summed E-state index contributed by atoms with van der Waals surface area (Å²) in [5.41, 5.74) is 1.70. The second kappa shape index (κ2) is 15.8. The number of hydrogen-bond donors (Lipinski definition) is 1. The zero-order chi connectivity index (χ0) is 36.1. The van der Waals surface area contributed by atoms with Crippen molar-refractivity contribution in [2.24, 2.45) is 23.2 Å². The molecule has 0 radical (unpaired) electrons. The second-order valence-corrected chi connectivity index (χ2v) is 15.0. The van der Waals surface area contributed by atoms with Crippen LogP contribution < -0.4 is 0 Å². The number of cyclic esters (lactones) is 1. The van der Waals surface area contributed by atoms with Gasteiger partial charge in [-0.2, -0.15) is 0 Å². The van der Waals surface area contributed by atoms with Gasteiger partial charge in [0.2, 0.25) is 0 Å². The molecule has 2 aromatic rings. The van der Waals surface area contributed by atoms with Gasteiger partial charge in [-0.05, 0) is 100 Å². The van der Waals surface area contributed by atoms with Crippen molar-refractivity contribution < 1.29 is 43.2 Å². The summed E-state index contributed by atoms with van der Waals surface area (Å²) in [5.74, 6) is 1.12. The Morgan fingerprint density at radius 3 is 2.02 bits per heavy atom. The van der Waals surface area contributed by atoms with E-state index in [1.54, 1.807) is 31.2 Å². The monoisotopic (exact) mass is 678 g/mol. The molecule has 1 N–H and O–H groups in total. The minimum absolute atomic E-state index is 0.0779. The van der Waals surface area contributed by atoms with Crippen LogP contribution in [0.25, 0.3) is 0 Å². The fourth-order valence-corrected chi connectivity index (χ4v) is 6.70. The maximum absolute atomic E-state index is 12.1. The number of benzene rings is 2. The van der Waals surface area contributed by atoms with E-state index >= 15 is 0 Å². The fourth-order valence-electron chi connectivity index (χ4n) is 6.70. The lowest BCUT2D eigenvalue weighted by molar-refractivity contribution is -0.170. The smallest absolute Gasteiger partial charge is 0.338 e. The van der Waals surface area contributed by atoms with Gasteiger partial charge in [0.05, 0.1) is 23.3 Å². The molecule has 2 saturated heterocycles. The summed E-state index contributed by atoms with van der Waals surface area (Å²) in [4.78, 5) is 46.9. The van der Waals surface area contributed by atoms with Crippen LogP contribution >= 0.6 is 0 Å². The number of carbonyl (C=O) groups excluding carboxylic acids is 4. The molecule has 8 unspecified atom stereocenters. The van der Waals surface area contributed by atoms with Crippen molar-refractivity contribution in [2.75, 3.05) is 6.61 Å². The second-order valence-electron chi connectivity index (χ2n) is 15.0. The molecular weight excluding hydrogens is 624 g/mol. The predicted octanol–water partition coefficient (Wildman–Crippen LogP) is 7.88. The minimum Gasteiger partial charge on any atom is -0.508 e. The number of carbonyl (C=O) groups is 4. The zero-order valence-electron chi connectivity index (χ0n) is 30.3. The summed E-state index contributed by atoms with van der Waals surface area (Å²) in [6, 6.07) is 14.9. The molecule has 2 aromatic carbocycles. The van der Waals surface area contributed by atoms with E-state index in [-0.39, 0.29) is 49.1 Å². The Morgan fingerprint density at radius 2 is 1.51 bits per heavy atom. The van der Waals surface area contributed by atoms with Crippen LogP contribution in [0.2, 0.25) is 0 Å². The molecule has 0 spiro atoms. The Balaban J connectivity index is 0.000000173. The van der Waals surface area contributed by atoms with Gasteiger partial charge < -0.3 is 24.1 Å². The molecule has 9 nitrogen and oxygen atoms in total. The van der Waals surface area contributed by atoms with E-state index < -0.39 is 17.0 Å². The van der Waals surface area contributed by atoms with Crippen LogP contribution in [-0.2, 0) is 33.3 Å². The van der Waals surface area contributed by atoms with E-state index in [0.29, 0.717) is 35.0 Å². The number of aromatic hydroxyl groups is 1. The largest absolute Gasteiger partial charge is 0.508 e. The molecule has 0 aromatic heterocycles. The molecule has 2 aliphatic heterocycles. The summed E-state index contributed by atoms with van der Waals surface area (Å²) >= 11 is 0. The molecule has 2 heterocycles. The minimum atomic E-state index is -0.844. The van der Waals surface area contributed by atoms with Gasteiger partial charge in [0.15, 0.2) is 5.60 Å². The van der Waals surface area contributed by atoms with E-state index in [4.69, 9.17) is 24.1 Å². The molecule has 8 atom stereocenters. The van der Waals surface area contributed by atoms with Crippen LogP contribution in [0.1, 0.15) is 127 Å². The maximum atomic E-state index is 12.1. The average molecular weight is 679 g/mol. The highest BCUT2D eigenvalue weighted by Crippen LogP contribution is 2.55. The van der Waals surface area contributed by atoms with Crippen LogP contribution in [0.4, 0.5) is 0 Å². The SMILES string of the molecule is CCC(C)(C)C(=O)OC1C2CC3C(=O)OC1C3C2.CCC(C)c1ccc(C(=O)OC2(C)COC(=O)C2)cc1.CCC(C)c1ccc(O)cc1. The zero-order valence-corrected chi connectivity index (χ0v) is 30.3. The summed E-state index contributed by atoms with van der Waals surface area (Å²) in [5, 5.41) is 9.01. The van der Waals surface area contributed by atoms with E-state index in [0.717, 1.165) is 32.1 Å². The van der Waals surface area contributed by atoms with Crippen LogP contribution in [0.5, 0.6) is 5.75 Å². The number of hydrogen-bond acceptors (Lipinski definition) is 9. The third kappa shape index (κ3) is 9.03. The standard InChI is InChI=1S/C16H20O4.C14H20O4.C10H14O/c1-4-11(2)12-5-7-13(8-6-12)15(18)20-16(3)9-14(17)19-10-16;1-4-14(2,3)13(16)18-10-7-5-8-9(6-7)12(15)17-11(8)10;1-3-8(2)9-4-6-10(11)7-5-9/h5-8,11H,4,9-10H2,1-3H3;7-11H,4-6H2,1-3H3;4-8,11H,3H2,1-2H3. The van der Waals surface area contributed by atoms with Crippen LogP contribution in [0.15, 0.2) is 48.5 Å². The average Bonchev–Trinajstić information content (AvgIpc) is 3.82. The van der Waals surface area contributed by atoms with Gasteiger partial charge in [-0.3, -0.25) is 14.4 Å². The highest BCUT2D eigenvalue weighted by molar-refractivity contribution is 5.90. The van der Waals surface area contributed by atoms with Gasteiger partial charge in [0.25, 0.3) is 0 Å². The number of ether oxygens (including phenoxy) is 4. The summed E-state index contributed by atoms with van der Waals surface area (Å²) in [6.07, 6.45) is 4.51. The van der Waals surface area contributed by atoms with E-state index in [1.807, 2.05) is 45.0 Å². The van der Waals surface area contributed by atoms with E-state index in [2.05, 4.69) is 27.7 Å². The lowest BCUT2D eigenvalue weighted by Crippen LogP contribution is -2.39. The highest BCUT2D eigenvalue weighted by atomic mass is 16.6. The first kappa shape index (κ1) is 37.9. The molecule has 4 aliphatic rings. The molecule has 4 fully saturated rings. The fraction of sp³-hybridized carbons (Fsp3) is 0.600.